The van der Waals surface area contributed by atoms with Gasteiger partial charge in [0.15, 0.2) is 0 Å². The zero-order chi connectivity index (χ0) is 12.0. The fourth-order valence-electron chi connectivity index (χ4n) is 1.58. The third-order valence-electron chi connectivity index (χ3n) is 2.73. The van der Waals surface area contributed by atoms with E-state index in [1.54, 1.807) is 0 Å². The molecule has 0 bridgehead atoms. The van der Waals surface area contributed by atoms with Gasteiger partial charge in [0, 0.05) is 21.6 Å². The van der Waals surface area contributed by atoms with Gasteiger partial charge in [-0.15, -0.1) is 23.2 Å². The van der Waals surface area contributed by atoms with Crippen molar-refractivity contribution in [2.24, 2.45) is 0 Å². The molecule has 0 spiro atoms. The van der Waals surface area contributed by atoms with Gasteiger partial charge >= 0.3 is 0 Å². The molecular formula is C12H15BrCl2S. The van der Waals surface area contributed by atoms with E-state index < -0.39 is 0 Å². The summed E-state index contributed by atoms with van der Waals surface area (Å²) < 4.78 is 1.08. The van der Waals surface area contributed by atoms with Crippen LogP contribution < -0.4 is 0 Å². The summed E-state index contributed by atoms with van der Waals surface area (Å²) in [5, 5.41) is 0. The van der Waals surface area contributed by atoms with Gasteiger partial charge in [0.25, 0.3) is 0 Å². The lowest BCUT2D eigenvalue weighted by Gasteiger charge is -2.30. The number of hydrogen-bond donors (Lipinski definition) is 0. The van der Waals surface area contributed by atoms with Crippen molar-refractivity contribution in [3.8, 4) is 0 Å². The van der Waals surface area contributed by atoms with Gasteiger partial charge in [-0.05, 0) is 36.1 Å². The van der Waals surface area contributed by atoms with Gasteiger partial charge in [-0.2, -0.15) is 11.8 Å². The SMILES string of the molecule is CSCCC(CCl)(CCl)c1cccc(Br)c1. The topological polar surface area (TPSA) is 0 Å². The van der Waals surface area contributed by atoms with Crippen LogP contribution in [0.25, 0.3) is 0 Å². The summed E-state index contributed by atoms with van der Waals surface area (Å²) in [6.45, 7) is 0. The van der Waals surface area contributed by atoms with Crippen LogP contribution in [0.1, 0.15) is 12.0 Å². The summed E-state index contributed by atoms with van der Waals surface area (Å²) in [6, 6.07) is 8.28. The monoisotopic (exact) mass is 340 g/mol. The van der Waals surface area contributed by atoms with Gasteiger partial charge in [-0.1, -0.05) is 28.1 Å². The Kier molecular flexibility index (Phi) is 6.57. The molecule has 0 nitrogen and oxygen atoms in total. The highest BCUT2D eigenvalue weighted by atomic mass is 79.9. The predicted octanol–water partition coefficient (Wildman–Crippen LogP) is 4.92. The molecule has 0 unspecified atom stereocenters. The molecule has 0 radical (unpaired) electrons. The second kappa shape index (κ2) is 7.15. The highest BCUT2D eigenvalue weighted by molar-refractivity contribution is 9.10. The maximum atomic E-state index is 6.14. The van der Waals surface area contributed by atoms with Gasteiger partial charge in [0.2, 0.25) is 0 Å². The van der Waals surface area contributed by atoms with Gasteiger partial charge in [-0.25, -0.2) is 0 Å². The number of alkyl halides is 2. The summed E-state index contributed by atoms with van der Waals surface area (Å²) in [5.41, 5.74) is 1.12. The Bertz CT molecular complexity index is 327. The Labute approximate surface area is 120 Å². The molecule has 0 atom stereocenters. The molecule has 0 N–H and O–H groups in total. The summed E-state index contributed by atoms with van der Waals surface area (Å²) in [7, 11) is 0. The molecular weight excluding hydrogens is 327 g/mol. The number of hydrogen-bond acceptors (Lipinski definition) is 1. The standard InChI is InChI=1S/C12H15BrCl2S/c1-16-6-5-12(8-14,9-15)10-3-2-4-11(13)7-10/h2-4,7H,5-6,8-9H2,1H3. The van der Waals surface area contributed by atoms with Crippen LogP contribution in [0.4, 0.5) is 0 Å². The summed E-state index contributed by atoms with van der Waals surface area (Å²) in [6.07, 6.45) is 3.12. The number of halogens is 3. The van der Waals surface area contributed by atoms with Crippen molar-refractivity contribution in [3.63, 3.8) is 0 Å². The van der Waals surface area contributed by atoms with Crippen molar-refractivity contribution < 1.29 is 0 Å². The number of rotatable bonds is 6. The van der Waals surface area contributed by atoms with Crippen molar-refractivity contribution in [2.45, 2.75) is 11.8 Å². The van der Waals surface area contributed by atoms with Crippen molar-refractivity contribution in [1.82, 2.24) is 0 Å². The first-order valence-corrected chi connectivity index (χ1v) is 8.31. The van der Waals surface area contributed by atoms with Crippen LogP contribution in [0.3, 0.4) is 0 Å². The molecule has 0 heterocycles. The molecule has 1 aromatic rings. The lowest BCUT2D eigenvalue weighted by Crippen LogP contribution is -2.31. The van der Waals surface area contributed by atoms with Crippen LogP contribution in [0.2, 0.25) is 0 Å². The molecule has 0 saturated heterocycles. The number of benzene rings is 1. The molecule has 1 aromatic carbocycles. The highest BCUT2D eigenvalue weighted by Gasteiger charge is 2.30. The summed E-state index contributed by atoms with van der Waals surface area (Å²) in [5.74, 6) is 2.20. The molecule has 16 heavy (non-hydrogen) atoms. The average Bonchev–Trinajstić information content (AvgIpc) is 2.31. The predicted molar refractivity (Wildman–Crippen MR) is 80.3 cm³/mol. The lowest BCUT2D eigenvalue weighted by molar-refractivity contribution is 0.524. The Hall–Kier alpha value is 0.630. The van der Waals surface area contributed by atoms with E-state index in [-0.39, 0.29) is 5.41 Å². The first-order valence-electron chi connectivity index (χ1n) is 5.05. The van der Waals surface area contributed by atoms with Crippen molar-refractivity contribution in [1.29, 1.82) is 0 Å². The molecule has 1 rings (SSSR count). The van der Waals surface area contributed by atoms with Gasteiger partial charge in [0.1, 0.15) is 0 Å². The van der Waals surface area contributed by atoms with Gasteiger partial charge in [0.05, 0.1) is 0 Å². The minimum absolute atomic E-state index is 0.101. The second-order valence-electron chi connectivity index (χ2n) is 3.80. The maximum absolute atomic E-state index is 6.14. The largest absolute Gasteiger partial charge is 0.165 e. The Morgan fingerprint density at radius 1 is 1.31 bits per heavy atom. The quantitative estimate of drug-likeness (QED) is 0.662. The first-order chi connectivity index (χ1) is 7.68. The van der Waals surface area contributed by atoms with E-state index in [2.05, 4.69) is 34.3 Å². The molecule has 90 valence electrons. The van der Waals surface area contributed by atoms with Crippen LogP contribution in [0.15, 0.2) is 28.7 Å². The second-order valence-corrected chi connectivity index (χ2v) is 6.24. The van der Waals surface area contributed by atoms with Crippen LogP contribution in [-0.4, -0.2) is 23.8 Å². The fourth-order valence-corrected chi connectivity index (χ4v) is 3.44. The van der Waals surface area contributed by atoms with Gasteiger partial charge in [-0.3, -0.25) is 0 Å². The molecule has 0 saturated carbocycles. The third kappa shape index (κ3) is 3.56. The molecule has 4 heteroatoms. The highest BCUT2D eigenvalue weighted by Crippen LogP contribution is 2.33. The minimum atomic E-state index is -0.101. The summed E-state index contributed by atoms with van der Waals surface area (Å²) >= 11 is 17.6. The molecule has 0 aliphatic carbocycles. The van der Waals surface area contributed by atoms with E-state index in [4.69, 9.17) is 23.2 Å². The molecule has 0 amide bonds. The van der Waals surface area contributed by atoms with Crippen molar-refractivity contribution >= 4 is 50.9 Å². The zero-order valence-corrected chi connectivity index (χ0v) is 13.1. The average molecular weight is 342 g/mol. The van der Waals surface area contributed by atoms with E-state index >= 15 is 0 Å². The number of thioether (sulfide) groups is 1. The van der Waals surface area contributed by atoms with E-state index in [0.29, 0.717) is 11.8 Å². The lowest BCUT2D eigenvalue weighted by atomic mass is 9.82. The fraction of sp³-hybridized carbons (Fsp3) is 0.500. The van der Waals surface area contributed by atoms with Crippen LogP contribution >= 0.6 is 50.9 Å². The van der Waals surface area contributed by atoms with Crippen LogP contribution in [0, 0.1) is 0 Å². The Morgan fingerprint density at radius 2 is 2.00 bits per heavy atom. The first kappa shape index (κ1) is 14.7. The molecule has 0 aliphatic heterocycles. The Morgan fingerprint density at radius 3 is 2.50 bits per heavy atom. The van der Waals surface area contributed by atoms with E-state index in [0.717, 1.165) is 16.6 Å². The molecule has 0 aromatic heterocycles. The van der Waals surface area contributed by atoms with E-state index in [9.17, 15) is 0 Å². The van der Waals surface area contributed by atoms with Crippen LogP contribution in [-0.2, 0) is 5.41 Å². The maximum Gasteiger partial charge on any atom is 0.0332 e. The van der Waals surface area contributed by atoms with Gasteiger partial charge < -0.3 is 0 Å². The van der Waals surface area contributed by atoms with Crippen molar-refractivity contribution in [3.05, 3.63) is 34.3 Å². The smallest absolute Gasteiger partial charge is 0.0332 e. The van der Waals surface area contributed by atoms with E-state index in [1.807, 2.05) is 23.9 Å². The van der Waals surface area contributed by atoms with E-state index in [1.165, 1.54) is 5.56 Å². The van der Waals surface area contributed by atoms with Crippen molar-refractivity contribution in [2.75, 3.05) is 23.8 Å². The molecule has 0 fully saturated rings. The van der Waals surface area contributed by atoms with Crippen LogP contribution in [0.5, 0.6) is 0 Å². The normalized spacial score (nSPS) is 11.8. The minimum Gasteiger partial charge on any atom is -0.165 e. The zero-order valence-electron chi connectivity index (χ0n) is 9.18. The Balaban J connectivity index is 2.99. The summed E-state index contributed by atoms with van der Waals surface area (Å²) in [4.78, 5) is 0. The third-order valence-corrected chi connectivity index (χ3v) is 4.86. The molecule has 0 aliphatic rings.